The molecule has 0 amide bonds. The molecule has 0 radical (unpaired) electrons. The predicted molar refractivity (Wildman–Crippen MR) is 66.5 cm³/mol. The van der Waals surface area contributed by atoms with E-state index in [2.05, 4.69) is 41.3 Å². The molecule has 4 heteroatoms. The van der Waals surface area contributed by atoms with Crippen molar-refractivity contribution in [2.75, 3.05) is 5.32 Å². The van der Waals surface area contributed by atoms with E-state index in [4.69, 9.17) is 0 Å². The number of hydrogen-bond donors (Lipinski definition) is 2. The van der Waals surface area contributed by atoms with Crippen LogP contribution in [0.25, 0.3) is 10.9 Å². The van der Waals surface area contributed by atoms with Crippen molar-refractivity contribution < 1.29 is 0 Å². The van der Waals surface area contributed by atoms with Crippen molar-refractivity contribution in [2.24, 2.45) is 5.92 Å². The summed E-state index contributed by atoms with van der Waals surface area (Å²) in [4.78, 5) is 4.39. The summed E-state index contributed by atoms with van der Waals surface area (Å²) >= 11 is 0. The molecule has 2 aromatic rings. The molecule has 0 aliphatic rings. The predicted octanol–water partition coefficient (Wildman–Crippen LogP) is 2.72. The number of anilines is 1. The number of hydrogen-bond acceptors (Lipinski definition) is 3. The summed E-state index contributed by atoms with van der Waals surface area (Å²) in [6.07, 6.45) is 1.79. The van der Waals surface area contributed by atoms with Crippen LogP contribution in [0.5, 0.6) is 0 Å². The van der Waals surface area contributed by atoms with Gasteiger partial charge in [0.15, 0.2) is 0 Å². The molecule has 1 atom stereocenters. The quantitative estimate of drug-likeness (QED) is 0.832. The van der Waals surface area contributed by atoms with Crippen LogP contribution in [0.1, 0.15) is 26.5 Å². The maximum absolute atomic E-state index is 4.39. The summed E-state index contributed by atoms with van der Waals surface area (Å²) in [6.45, 7) is 8.57. The number of aryl methyl sites for hydroxylation is 1. The summed E-state index contributed by atoms with van der Waals surface area (Å²) in [6, 6.07) is 2.32. The van der Waals surface area contributed by atoms with Gasteiger partial charge in [-0.3, -0.25) is 5.10 Å². The number of pyridine rings is 1. The van der Waals surface area contributed by atoms with Crippen molar-refractivity contribution in [1.29, 1.82) is 0 Å². The fourth-order valence-electron chi connectivity index (χ4n) is 1.61. The number of nitrogens with one attached hydrogen (secondary N) is 2. The average Bonchev–Trinajstić information content (AvgIpc) is 2.61. The highest BCUT2D eigenvalue weighted by atomic mass is 15.1. The first-order valence-corrected chi connectivity index (χ1v) is 5.66. The molecule has 16 heavy (non-hydrogen) atoms. The Morgan fingerprint density at radius 3 is 2.75 bits per heavy atom. The lowest BCUT2D eigenvalue weighted by molar-refractivity contribution is 0.559. The zero-order valence-corrected chi connectivity index (χ0v) is 10.2. The third-order valence-electron chi connectivity index (χ3n) is 3.01. The minimum absolute atomic E-state index is 0.396. The Morgan fingerprint density at radius 2 is 2.06 bits per heavy atom. The van der Waals surface area contributed by atoms with Crippen LogP contribution in [-0.2, 0) is 0 Å². The topological polar surface area (TPSA) is 53.6 Å². The number of aromatic amines is 1. The maximum atomic E-state index is 4.39. The van der Waals surface area contributed by atoms with Gasteiger partial charge in [0.2, 0.25) is 0 Å². The minimum atomic E-state index is 0.396. The molecule has 0 aliphatic carbocycles. The molecule has 4 nitrogen and oxygen atoms in total. The third-order valence-corrected chi connectivity index (χ3v) is 3.01. The van der Waals surface area contributed by atoms with Gasteiger partial charge in [-0.15, -0.1) is 0 Å². The van der Waals surface area contributed by atoms with Crippen molar-refractivity contribution in [1.82, 2.24) is 15.2 Å². The van der Waals surface area contributed by atoms with Gasteiger partial charge in [0, 0.05) is 17.9 Å². The monoisotopic (exact) mass is 218 g/mol. The lowest BCUT2D eigenvalue weighted by Gasteiger charge is -2.18. The molecule has 0 aromatic carbocycles. The van der Waals surface area contributed by atoms with Gasteiger partial charge in [0.05, 0.1) is 10.9 Å². The zero-order valence-electron chi connectivity index (χ0n) is 10.2. The van der Waals surface area contributed by atoms with Crippen LogP contribution in [0.2, 0.25) is 0 Å². The fourth-order valence-corrected chi connectivity index (χ4v) is 1.61. The van der Waals surface area contributed by atoms with Crippen LogP contribution in [0.4, 0.5) is 5.82 Å². The number of H-pyrrole nitrogens is 1. The Bertz CT molecular complexity index is 487. The van der Waals surface area contributed by atoms with Crippen molar-refractivity contribution >= 4 is 16.7 Å². The highest BCUT2D eigenvalue weighted by Crippen LogP contribution is 2.23. The molecule has 0 aliphatic heterocycles. The van der Waals surface area contributed by atoms with Crippen LogP contribution >= 0.6 is 0 Å². The van der Waals surface area contributed by atoms with E-state index in [9.17, 15) is 0 Å². The van der Waals surface area contributed by atoms with E-state index in [0.29, 0.717) is 12.0 Å². The van der Waals surface area contributed by atoms with E-state index in [1.165, 1.54) is 0 Å². The Kier molecular flexibility index (Phi) is 2.81. The number of fused-ring (bicyclic) bond motifs is 1. The second-order valence-corrected chi connectivity index (χ2v) is 4.58. The molecular weight excluding hydrogens is 200 g/mol. The van der Waals surface area contributed by atoms with Gasteiger partial charge >= 0.3 is 0 Å². The first-order chi connectivity index (χ1) is 7.59. The molecule has 0 fully saturated rings. The minimum Gasteiger partial charge on any atom is -0.367 e. The third kappa shape index (κ3) is 1.87. The molecule has 0 saturated heterocycles. The van der Waals surface area contributed by atoms with E-state index >= 15 is 0 Å². The van der Waals surface area contributed by atoms with Crippen LogP contribution < -0.4 is 5.32 Å². The maximum Gasteiger partial charge on any atom is 0.137 e. The smallest absolute Gasteiger partial charge is 0.137 e. The second kappa shape index (κ2) is 4.12. The van der Waals surface area contributed by atoms with Crippen molar-refractivity contribution in [3.05, 3.63) is 18.0 Å². The van der Waals surface area contributed by atoms with Gasteiger partial charge in [0.1, 0.15) is 5.82 Å². The van der Waals surface area contributed by atoms with Crippen molar-refractivity contribution in [2.45, 2.75) is 33.7 Å². The normalized spacial score (nSPS) is 13.3. The van der Waals surface area contributed by atoms with Gasteiger partial charge in [-0.1, -0.05) is 13.8 Å². The molecule has 0 bridgehead atoms. The van der Waals surface area contributed by atoms with Gasteiger partial charge in [-0.25, -0.2) is 4.98 Å². The number of aromatic nitrogens is 3. The van der Waals surface area contributed by atoms with E-state index in [1.807, 2.05) is 13.0 Å². The van der Waals surface area contributed by atoms with E-state index in [-0.39, 0.29) is 0 Å². The molecule has 2 rings (SSSR count). The van der Waals surface area contributed by atoms with Crippen LogP contribution in [0.3, 0.4) is 0 Å². The van der Waals surface area contributed by atoms with Crippen LogP contribution in [0, 0.1) is 12.8 Å². The molecule has 0 saturated carbocycles. The molecule has 2 heterocycles. The largest absolute Gasteiger partial charge is 0.367 e. The summed E-state index contributed by atoms with van der Waals surface area (Å²) in [5.41, 5.74) is 2.02. The SMILES string of the molecule is Cc1[nH]nc2ccnc(N[C@H](C)C(C)C)c12. The average molecular weight is 218 g/mol. The Balaban J connectivity index is 2.40. The van der Waals surface area contributed by atoms with Gasteiger partial charge < -0.3 is 5.32 Å². The highest BCUT2D eigenvalue weighted by Gasteiger charge is 2.12. The molecule has 0 spiro atoms. The van der Waals surface area contributed by atoms with E-state index in [1.54, 1.807) is 6.20 Å². The highest BCUT2D eigenvalue weighted by molar-refractivity contribution is 5.91. The molecule has 2 N–H and O–H groups in total. The van der Waals surface area contributed by atoms with Gasteiger partial charge in [-0.2, -0.15) is 5.10 Å². The van der Waals surface area contributed by atoms with Crippen LogP contribution in [0.15, 0.2) is 12.3 Å². The van der Waals surface area contributed by atoms with E-state index < -0.39 is 0 Å². The number of nitrogens with zero attached hydrogens (tertiary/aromatic N) is 2. The number of rotatable bonds is 3. The summed E-state index contributed by atoms with van der Waals surface area (Å²) in [5, 5.41) is 11.7. The fraction of sp³-hybridized carbons (Fsp3) is 0.500. The molecule has 86 valence electrons. The second-order valence-electron chi connectivity index (χ2n) is 4.58. The standard InChI is InChI=1S/C12H18N4/c1-7(2)8(3)14-12-11-9(4)15-16-10(11)5-6-13-12/h5-8H,1-4H3,(H,13,14)(H,15,16)/t8-/m1/s1. The van der Waals surface area contributed by atoms with Crippen molar-refractivity contribution in [3.8, 4) is 0 Å². The van der Waals surface area contributed by atoms with E-state index in [0.717, 1.165) is 22.4 Å². The van der Waals surface area contributed by atoms with Gasteiger partial charge in [0.25, 0.3) is 0 Å². The first kappa shape index (κ1) is 10.9. The first-order valence-electron chi connectivity index (χ1n) is 5.66. The summed E-state index contributed by atoms with van der Waals surface area (Å²) in [5.74, 6) is 1.49. The Hall–Kier alpha value is -1.58. The molecular formula is C12H18N4. The zero-order chi connectivity index (χ0) is 11.7. The lowest BCUT2D eigenvalue weighted by atomic mass is 10.1. The molecule has 2 aromatic heterocycles. The summed E-state index contributed by atoms with van der Waals surface area (Å²) < 4.78 is 0. The molecule has 0 unspecified atom stereocenters. The van der Waals surface area contributed by atoms with Crippen LogP contribution in [-0.4, -0.2) is 21.2 Å². The Morgan fingerprint density at radius 1 is 1.31 bits per heavy atom. The summed E-state index contributed by atoms with van der Waals surface area (Å²) in [7, 11) is 0. The van der Waals surface area contributed by atoms with Gasteiger partial charge in [-0.05, 0) is 25.8 Å². The Labute approximate surface area is 95.5 Å². The lowest BCUT2D eigenvalue weighted by Crippen LogP contribution is -2.22. The van der Waals surface area contributed by atoms with Crippen molar-refractivity contribution in [3.63, 3.8) is 0 Å².